The molecule has 0 unspecified atom stereocenters. The molecule has 2 rings (SSSR count). The Morgan fingerprint density at radius 2 is 2.12 bits per heavy atom. The van der Waals surface area contributed by atoms with Crippen molar-refractivity contribution in [2.24, 2.45) is 0 Å². The van der Waals surface area contributed by atoms with Gasteiger partial charge in [0.25, 0.3) is 0 Å². The Morgan fingerprint density at radius 1 is 1.44 bits per heavy atom. The maximum atomic E-state index is 13.0. The second-order valence-electron chi connectivity index (χ2n) is 5.49. The Bertz CT molecular complexity index is 778. The van der Waals surface area contributed by atoms with E-state index in [1.807, 2.05) is 0 Å². The van der Waals surface area contributed by atoms with E-state index in [0.717, 1.165) is 0 Å². The molecule has 1 heterocycles. The van der Waals surface area contributed by atoms with Gasteiger partial charge in [0.15, 0.2) is 0 Å². The molecule has 0 saturated carbocycles. The zero-order chi connectivity index (χ0) is 18.4. The fourth-order valence-corrected chi connectivity index (χ4v) is 2.19. The Balaban J connectivity index is 0. The quantitative estimate of drug-likeness (QED) is 0.599. The molecule has 0 aliphatic rings. The van der Waals surface area contributed by atoms with Crippen LogP contribution in [0.3, 0.4) is 0 Å². The van der Waals surface area contributed by atoms with Gasteiger partial charge in [0, 0.05) is 40.5 Å². The molecule has 0 aliphatic heterocycles. The van der Waals surface area contributed by atoms with Gasteiger partial charge in [-0.15, -0.1) is 0 Å². The summed E-state index contributed by atoms with van der Waals surface area (Å²) in [4.78, 5) is 15.9. The van der Waals surface area contributed by atoms with E-state index in [0.29, 0.717) is 17.7 Å². The molecule has 2 amide bonds. The monoisotopic (exact) mass is 351 g/mol. The van der Waals surface area contributed by atoms with Gasteiger partial charge < -0.3 is 15.8 Å². The highest BCUT2D eigenvalue weighted by molar-refractivity contribution is 6.13. The fourth-order valence-electron chi connectivity index (χ4n) is 2.19. The first kappa shape index (κ1) is 18.3. The number of pyridine rings is 1. The second kappa shape index (κ2) is 8.20. The van der Waals surface area contributed by atoms with Gasteiger partial charge in [0.05, 0.1) is 18.4 Å². The first-order chi connectivity index (χ1) is 11.9. The number of methoxy groups -OCH3 is 1. The molecule has 0 aliphatic carbocycles. The summed E-state index contributed by atoms with van der Waals surface area (Å²) >= 11 is 0. The van der Waals surface area contributed by atoms with Gasteiger partial charge in [-0.1, -0.05) is 0 Å². The number of carbonyl (C=O) groups is 1. The zero-order valence-corrected chi connectivity index (χ0v) is 14.0. The molecule has 5 N–H and O–H groups in total. The van der Waals surface area contributed by atoms with Crippen molar-refractivity contribution in [1.82, 2.24) is 10.3 Å². The Hall–Kier alpha value is -3.00. The number of hydrogen-bond acceptors (Lipinski definition) is 5. The molecule has 1 aromatic heterocycles. The number of anilines is 2. The van der Waals surface area contributed by atoms with Crippen LogP contribution >= 0.6 is 0 Å². The van der Waals surface area contributed by atoms with Gasteiger partial charge in [-0.05, 0) is 31.2 Å². The molecule has 1 atom stereocenters. The van der Waals surface area contributed by atoms with Crippen LogP contribution in [0.5, 0.6) is 0 Å². The van der Waals surface area contributed by atoms with Gasteiger partial charge in [0.2, 0.25) is 0 Å². The SMILES string of the molecule is COC[C@@H](C)NC(=O)Nc1cc(N)c(C(=N)c2ccc(F)cc2)cn1.[HH].[HH].[HH]. The minimum absolute atomic E-state index is 0. The van der Waals surface area contributed by atoms with Crippen LogP contribution in [0.1, 0.15) is 22.3 Å². The first-order valence-corrected chi connectivity index (χ1v) is 7.57. The van der Waals surface area contributed by atoms with Crippen molar-refractivity contribution in [3.63, 3.8) is 0 Å². The number of hydrogen-bond donors (Lipinski definition) is 4. The van der Waals surface area contributed by atoms with Crippen molar-refractivity contribution in [3.8, 4) is 0 Å². The number of nitrogens with zero attached hydrogens (tertiary/aromatic N) is 1. The molecule has 0 radical (unpaired) electrons. The number of nitrogens with two attached hydrogens (primary N) is 1. The number of nitrogen functional groups attached to an aromatic ring is 1. The number of urea groups is 1. The summed E-state index contributed by atoms with van der Waals surface area (Å²) in [6.07, 6.45) is 1.40. The number of benzene rings is 1. The van der Waals surface area contributed by atoms with Crippen LogP contribution in [-0.2, 0) is 4.74 Å². The maximum absolute atomic E-state index is 13.0. The van der Waals surface area contributed by atoms with E-state index < -0.39 is 6.03 Å². The topological polar surface area (TPSA) is 113 Å². The van der Waals surface area contributed by atoms with Crippen LogP contribution in [0.4, 0.5) is 20.7 Å². The third-order valence-corrected chi connectivity index (χ3v) is 3.37. The number of nitrogens with one attached hydrogen (secondary N) is 3. The molecule has 0 saturated heterocycles. The van der Waals surface area contributed by atoms with Crippen LogP contribution < -0.4 is 16.4 Å². The molecule has 0 spiro atoms. The Labute approximate surface area is 149 Å². The molecule has 25 heavy (non-hydrogen) atoms. The van der Waals surface area contributed by atoms with Crippen molar-refractivity contribution in [3.05, 3.63) is 53.5 Å². The molecular weight excluding hydrogens is 325 g/mol. The summed E-state index contributed by atoms with van der Waals surface area (Å²) in [7, 11) is 1.55. The van der Waals surface area contributed by atoms with Crippen molar-refractivity contribution in [2.45, 2.75) is 13.0 Å². The zero-order valence-electron chi connectivity index (χ0n) is 14.0. The maximum Gasteiger partial charge on any atom is 0.320 e. The molecule has 2 aromatic rings. The number of rotatable bonds is 6. The van der Waals surface area contributed by atoms with Crippen molar-refractivity contribution >= 4 is 23.2 Å². The van der Waals surface area contributed by atoms with E-state index in [4.69, 9.17) is 15.9 Å². The first-order valence-electron chi connectivity index (χ1n) is 7.57. The molecule has 8 heteroatoms. The third-order valence-electron chi connectivity index (χ3n) is 3.37. The molecular formula is C17H26FN5O2. The number of amides is 2. The predicted octanol–water partition coefficient (Wildman–Crippen LogP) is 3.11. The highest BCUT2D eigenvalue weighted by Gasteiger charge is 2.12. The van der Waals surface area contributed by atoms with Crippen molar-refractivity contribution in [1.29, 1.82) is 5.41 Å². The number of carbonyl (C=O) groups excluding carboxylic acids is 1. The van der Waals surface area contributed by atoms with E-state index in [1.54, 1.807) is 14.0 Å². The Morgan fingerprint density at radius 3 is 2.72 bits per heavy atom. The molecule has 0 fully saturated rings. The average Bonchev–Trinajstić information content (AvgIpc) is 2.55. The van der Waals surface area contributed by atoms with E-state index in [1.165, 1.54) is 36.5 Å². The third kappa shape index (κ3) is 4.98. The smallest absolute Gasteiger partial charge is 0.320 e. The minimum atomic E-state index is -0.433. The summed E-state index contributed by atoms with van der Waals surface area (Å²) in [6, 6.07) is 6.41. The highest BCUT2D eigenvalue weighted by Crippen LogP contribution is 2.19. The lowest BCUT2D eigenvalue weighted by Gasteiger charge is -2.14. The van der Waals surface area contributed by atoms with Crippen LogP contribution in [0, 0.1) is 11.2 Å². The summed E-state index contributed by atoms with van der Waals surface area (Å²) in [5, 5.41) is 13.4. The number of ether oxygens (including phenoxy) is 1. The van der Waals surface area contributed by atoms with E-state index in [-0.39, 0.29) is 33.4 Å². The van der Waals surface area contributed by atoms with Crippen molar-refractivity contribution in [2.75, 3.05) is 24.8 Å². The second-order valence-corrected chi connectivity index (χ2v) is 5.49. The summed E-state index contributed by atoms with van der Waals surface area (Å²) < 4.78 is 17.9. The Kier molecular flexibility index (Phi) is 6.02. The summed E-state index contributed by atoms with van der Waals surface area (Å²) in [6.45, 7) is 2.19. The molecule has 0 bridgehead atoms. The number of aromatic nitrogens is 1. The van der Waals surface area contributed by atoms with Gasteiger partial charge in [-0.25, -0.2) is 14.2 Å². The lowest BCUT2D eigenvalue weighted by Crippen LogP contribution is -2.38. The largest absolute Gasteiger partial charge is 0.398 e. The van der Waals surface area contributed by atoms with Crippen LogP contribution in [0.15, 0.2) is 36.5 Å². The van der Waals surface area contributed by atoms with Gasteiger partial charge >= 0.3 is 6.03 Å². The molecule has 138 valence electrons. The standard InChI is InChI=1S/C17H20FN5O2.3H2/c1-10(9-25-2)22-17(24)23-15-7-14(19)13(8-21-15)16(20)11-3-5-12(18)6-4-11;;;/h3-8,10,20H,9H2,1-2H3,(H4,19,21,22,23,24);3*1H/t10-;;;/m1.../s1. The van der Waals surface area contributed by atoms with E-state index >= 15 is 0 Å². The summed E-state index contributed by atoms with van der Waals surface area (Å²) in [5.74, 6) is -0.119. The van der Waals surface area contributed by atoms with Crippen LogP contribution in [-0.4, -0.2) is 36.5 Å². The van der Waals surface area contributed by atoms with Gasteiger partial charge in [-0.2, -0.15) is 0 Å². The highest BCUT2D eigenvalue weighted by atomic mass is 19.1. The molecule has 7 nitrogen and oxygen atoms in total. The lowest BCUT2D eigenvalue weighted by molar-refractivity contribution is 0.173. The number of halogens is 1. The summed E-state index contributed by atoms with van der Waals surface area (Å²) in [5.41, 5.74) is 7.28. The van der Waals surface area contributed by atoms with Gasteiger partial charge in [-0.3, -0.25) is 10.7 Å². The molecule has 1 aromatic carbocycles. The average molecular weight is 351 g/mol. The normalized spacial score (nSPS) is 11.6. The van der Waals surface area contributed by atoms with E-state index in [9.17, 15) is 9.18 Å². The fraction of sp³-hybridized carbons (Fsp3) is 0.235. The van der Waals surface area contributed by atoms with Crippen LogP contribution in [0.2, 0.25) is 0 Å². The van der Waals surface area contributed by atoms with Gasteiger partial charge in [0.1, 0.15) is 11.6 Å². The van der Waals surface area contributed by atoms with Crippen LogP contribution in [0.25, 0.3) is 0 Å². The minimum Gasteiger partial charge on any atom is -0.398 e. The predicted molar refractivity (Wildman–Crippen MR) is 101 cm³/mol. The van der Waals surface area contributed by atoms with Crippen molar-refractivity contribution < 1.29 is 18.2 Å². The van der Waals surface area contributed by atoms with E-state index in [2.05, 4.69) is 15.6 Å². The lowest BCUT2D eigenvalue weighted by atomic mass is 10.0.